The topological polar surface area (TPSA) is 0 Å². The summed E-state index contributed by atoms with van der Waals surface area (Å²) in [5.74, 6) is 0. The zero-order valence-corrected chi connectivity index (χ0v) is 12.0. The molecule has 0 heteroatoms. The Balaban J connectivity index is 3.30. The lowest BCUT2D eigenvalue weighted by Crippen LogP contribution is -2.08. The summed E-state index contributed by atoms with van der Waals surface area (Å²) in [7, 11) is 0. The summed E-state index contributed by atoms with van der Waals surface area (Å²) in [6.45, 7) is 13.3. The largest absolute Gasteiger partial charge is 0.120 e. The third-order valence-corrected chi connectivity index (χ3v) is 2.46. The summed E-state index contributed by atoms with van der Waals surface area (Å²) in [5, 5.41) is 0. The number of allylic oxidation sites excluding steroid dienone is 1. The monoisotopic (exact) mass is 228 g/mol. The van der Waals surface area contributed by atoms with Crippen molar-refractivity contribution < 1.29 is 0 Å². The molecular formula is C17H24. The van der Waals surface area contributed by atoms with Crippen LogP contribution in [0.5, 0.6) is 0 Å². The van der Waals surface area contributed by atoms with Crippen LogP contribution in [0.3, 0.4) is 0 Å². The van der Waals surface area contributed by atoms with Crippen LogP contribution in [0.2, 0.25) is 0 Å². The van der Waals surface area contributed by atoms with Crippen LogP contribution in [0.25, 0.3) is 5.57 Å². The standard InChI is InChI=1S/C17H24/c1-16(2,3)13-12-15(17(4,5)6)14-10-8-7-9-11-14/h7-11,13H,1-6H3. The van der Waals surface area contributed by atoms with Gasteiger partial charge in [-0.1, -0.05) is 71.9 Å². The predicted molar refractivity (Wildman–Crippen MR) is 76.8 cm³/mol. The van der Waals surface area contributed by atoms with Gasteiger partial charge in [-0.3, -0.25) is 0 Å². The van der Waals surface area contributed by atoms with Gasteiger partial charge >= 0.3 is 0 Å². The van der Waals surface area contributed by atoms with Gasteiger partial charge in [0.1, 0.15) is 0 Å². The van der Waals surface area contributed by atoms with E-state index in [0.29, 0.717) is 0 Å². The second kappa shape index (κ2) is 4.94. The minimum absolute atomic E-state index is 0.114. The molecule has 0 heterocycles. The Labute approximate surface area is 106 Å². The highest BCUT2D eigenvalue weighted by Crippen LogP contribution is 2.33. The molecule has 1 aromatic carbocycles. The van der Waals surface area contributed by atoms with Gasteiger partial charge in [-0.2, -0.15) is 0 Å². The van der Waals surface area contributed by atoms with Crippen molar-refractivity contribution >= 4 is 5.57 Å². The minimum atomic E-state index is 0.114. The van der Waals surface area contributed by atoms with Gasteiger partial charge in [0.15, 0.2) is 0 Å². The first kappa shape index (κ1) is 13.8. The predicted octanol–water partition coefficient (Wildman–Crippen LogP) is 5.32. The molecule has 1 rings (SSSR count). The fraction of sp³-hybridized carbons (Fsp3) is 0.471. The molecule has 0 amide bonds. The van der Waals surface area contributed by atoms with Gasteiger partial charge in [0.05, 0.1) is 0 Å². The van der Waals surface area contributed by atoms with Gasteiger partial charge in [-0.25, -0.2) is 0 Å². The first-order chi connectivity index (χ1) is 7.70. The Morgan fingerprint density at radius 2 is 1.47 bits per heavy atom. The average Bonchev–Trinajstić information content (AvgIpc) is 2.15. The van der Waals surface area contributed by atoms with E-state index in [9.17, 15) is 0 Å². The number of rotatable bonds is 1. The van der Waals surface area contributed by atoms with Crippen LogP contribution in [0, 0.1) is 10.8 Å². The van der Waals surface area contributed by atoms with E-state index in [0.717, 1.165) is 0 Å². The molecule has 0 radical (unpaired) electrons. The molecule has 92 valence electrons. The van der Waals surface area contributed by atoms with Crippen molar-refractivity contribution in [3.63, 3.8) is 0 Å². The van der Waals surface area contributed by atoms with E-state index in [1.165, 1.54) is 11.1 Å². The molecule has 0 bridgehead atoms. The molecule has 0 unspecified atom stereocenters. The molecule has 0 spiro atoms. The Morgan fingerprint density at radius 1 is 0.941 bits per heavy atom. The van der Waals surface area contributed by atoms with E-state index in [1.807, 2.05) is 0 Å². The van der Waals surface area contributed by atoms with Crippen molar-refractivity contribution in [1.82, 2.24) is 0 Å². The first-order valence-corrected chi connectivity index (χ1v) is 6.24. The van der Waals surface area contributed by atoms with Crippen LogP contribution in [-0.4, -0.2) is 0 Å². The summed E-state index contributed by atoms with van der Waals surface area (Å²) >= 11 is 0. The molecule has 0 aliphatic heterocycles. The maximum absolute atomic E-state index is 3.51. The van der Waals surface area contributed by atoms with Gasteiger partial charge in [0, 0.05) is 5.57 Å². The van der Waals surface area contributed by atoms with Gasteiger partial charge in [-0.15, -0.1) is 5.73 Å². The van der Waals surface area contributed by atoms with E-state index >= 15 is 0 Å². The Hall–Kier alpha value is -1.26. The molecule has 0 saturated carbocycles. The van der Waals surface area contributed by atoms with Crippen LogP contribution in [-0.2, 0) is 0 Å². The molecule has 0 aliphatic rings. The van der Waals surface area contributed by atoms with Crippen LogP contribution in [0.1, 0.15) is 47.1 Å². The highest BCUT2D eigenvalue weighted by Gasteiger charge is 2.18. The van der Waals surface area contributed by atoms with Crippen LogP contribution in [0.15, 0.2) is 42.1 Å². The fourth-order valence-electron chi connectivity index (χ4n) is 1.63. The van der Waals surface area contributed by atoms with Crippen molar-refractivity contribution in [2.75, 3.05) is 0 Å². The molecule has 0 nitrogen and oxygen atoms in total. The van der Waals surface area contributed by atoms with Crippen LogP contribution < -0.4 is 0 Å². The Morgan fingerprint density at radius 3 is 1.88 bits per heavy atom. The summed E-state index contributed by atoms with van der Waals surface area (Å²) < 4.78 is 0. The Bertz CT molecular complexity index is 415. The van der Waals surface area contributed by atoms with Crippen molar-refractivity contribution in [2.45, 2.75) is 41.5 Å². The summed E-state index contributed by atoms with van der Waals surface area (Å²) in [6, 6.07) is 10.5. The summed E-state index contributed by atoms with van der Waals surface area (Å²) in [5.41, 5.74) is 6.33. The second-order valence-electron chi connectivity index (χ2n) is 6.65. The van der Waals surface area contributed by atoms with Gasteiger partial charge in [-0.05, 0) is 22.5 Å². The molecule has 1 aromatic rings. The number of benzene rings is 1. The third kappa shape index (κ3) is 4.63. The van der Waals surface area contributed by atoms with E-state index in [-0.39, 0.29) is 10.8 Å². The van der Waals surface area contributed by atoms with Gasteiger partial charge in [0.2, 0.25) is 0 Å². The average molecular weight is 228 g/mol. The highest BCUT2D eigenvalue weighted by molar-refractivity contribution is 5.68. The molecule has 0 saturated heterocycles. The van der Waals surface area contributed by atoms with Crippen molar-refractivity contribution in [1.29, 1.82) is 0 Å². The minimum Gasteiger partial charge on any atom is -0.120 e. The van der Waals surface area contributed by atoms with Gasteiger partial charge < -0.3 is 0 Å². The molecule has 17 heavy (non-hydrogen) atoms. The maximum Gasteiger partial charge on any atom is 0.00625 e. The summed E-state index contributed by atoms with van der Waals surface area (Å²) in [6.07, 6.45) is 2.17. The lowest BCUT2D eigenvalue weighted by molar-refractivity contribution is 0.542. The zero-order valence-electron chi connectivity index (χ0n) is 12.0. The lowest BCUT2D eigenvalue weighted by atomic mass is 9.82. The van der Waals surface area contributed by atoms with E-state index < -0.39 is 0 Å². The highest BCUT2D eigenvalue weighted by atomic mass is 14.2. The number of hydrogen-bond acceptors (Lipinski definition) is 0. The van der Waals surface area contributed by atoms with E-state index in [1.54, 1.807) is 0 Å². The van der Waals surface area contributed by atoms with Crippen LogP contribution in [0.4, 0.5) is 0 Å². The second-order valence-corrected chi connectivity index (χ2v) is 6.65. The van der Waals surface area contributed by atoms with E-state index in [4.69, 9.17) is 0 Å². The Kier molecular flexibility index (Phi) is 4.01. The molecule has 0 aliphatic carbocycles. The molecule has 0 aromatic heterocycles. The van der Waals surface area contributed by atoms with E-state index in [2.05, 4.69) is 83.7 Å². The maximum atomic E-state index is 3.51. The molecule has 0 N–H and O–H groups in total. The van der Waals surface area contributed by atoms with Gasteiger partial charge in [0.25, 0.3) is 0 Å². The first-order valence-electron chi connectivity index (χ1n) is 6.24. The van der Waals surface area contributed by atoms with Crippen molar-refractivity contribution in [2.24, 2.45) is 10.8 Å². The summed E-state index contributed by atoms with van der Waals surface area (Å²) in [4.78, 5) is 0. The molecule has 0 atom stereocenters. The SMILES string of the molecule is CC(C)(C)C=C=C(c1ccccc1)C(C)(C)C. The molecular weight excluding hydrogens is 204 g/mol. The molecule has 0 fully saturated rings. The number of hydrogen-bond donors (Lipinski definition) is 0. The smallest absolute Gasteiger partial charge is 0.00625 e. The van der Waals surface area contributed by atoms with Crippen molar-refractivity contribution in [3.8, 4) is 0 Å². The van der Waals surface area contributed by atoms with Crippen molar-refractivity contribution in [3.05, 3.63) is 47.7 Å². The fourth-order valence-corrected chi connectivity index (χ4v) is 1.63. The van der Waals surface area contributed by atoms with Crippen LogP contribution >= 0.6 is 0 Å². The zero-order chi connectivity index (χ0) is 13.1. The third-order valence-electron chi connectivity index (χ3n) is 2.46. The lowest BCUT2D eigenvalue weighted by Gasteiger charge is -2.22. The quantitative estimate of drug-likeness (QED) is 0.571. The normalized spacial score (nSPS) is 11.9.